The molecule has 0 bridgehead atoms. The number of rotatable bonds is 5. The second-order valence-electron chi connectivity index (χ2n) is 5.33. The van der Waals surface area contributed by atoms with Gasteiger partial charge in [0.25, 0.3) is 0 Å². The standard InChI is InChI=1S/C18H20N2O/c1-2-3-6-13-20-17-8-5-4-7-16(17)19-18(20)14-9-11-15(21)12-10-14/h4-5,7-12,21H,2-3,6,13H2,1H3. The molecule has 2 aromatic carbocycles. The van der Waals surface area contributed by atoms with Crippen LogP contribution in [0.1, 0.15) is 26.2 Å². The van der Waals surface area contributed by atoms with Crippen molar-refractivity contribution < 1.29 is 5.11 Å². The normalized spacial score (nSPS) is 11.1. The Bertz CT molecular complexity index is 729. The Labute approximate surface area is 124 Å². The van der Waals surface area contributed by atoms with Crippen LogP contribution in [0.15, 0.2) is 48.5 Å². The number of para-hydroxylation sites is 2. The second-order valence-corrected chi connectivity index (χ2v) is 5.33. The van der Waals surface area contributed by atoms with Gasteiger partial charge in [-0.05, 0) is 42.8 Å². The van der Waals surface area contributed by atoms with Gasteiger partial charge < -0.3 is 9.67 Å². The lowest BCUT2D eigenvalue weighted by Gasteiger charge is -2.09. The van der Waals surface area contributed by atoms with Crippen LogP contribution in [0, 0.1) is 0 Å². The molecule has 1 aromatic heterocycles. The van der Waals surface area contributed by atoms with Crippen LogP contribution >= 0.6 is 0 Å². The van der Waals surface area contributed by atoms with Crippen LogP contribution in [0.4, 0.5) is 0 Å². The predicted molar refractivity (Wildman–Crippen MR) is 86.4 cm³/mol. The summed E-state index contributed by atoms with van der Waals surface area (Å²) in [6.07, 6.45) is 3.59. The zero-order chi connectivity index (χ0) is 14.7. The Balaban J connectivity index is 2.07. The van der Waals surface area contributed by atoms with Crippen molar-refractivity contribution in [3.8, 4) is 17.1 Å². The number of hydrogen-bond acceptors (Lipinski definition) is 2. The second kappa shape index (κ2) is 6.00. The third kappa shape index (κ3) is 2.77. The number of benzene rings is 2. The summed E-state index contributed by atoms with van der Waals surface area (Å²) in [6.45, 7) is 3.19. The van der Waals surface area contributed by atoms with E-state index in [1.165, 1.54) is 18.4 Å². The zero-order valence-corrected chi connectivity index (χ0v) is 12.3. The maximum absolute atomic E-state index is 9.46. The highest BCUT2D eigenvalue weighted by Crippen LogP contribution is 2.26. The Kier molecular flexibility index (Phi) is 3.91. The average molecular weight is 280 g/mol. The lowest BCUT2D eigenvalue weighted by atomic mass is 10.2. The number of unbranched alkanes of at least 4 members (excludes halogenated alkanes) is 2. The van der Waals surface area contributed by atoms with Gasteiger partial charge in [-0.3, -0.25) is 0 Å². The largest absolute Gasteiger partial charge is 0.508 e. The summed E-state index contributed by atoms with van der Waals surface area (Å²) in [7, 11) is 0. The van der Waals surface area contributed by atoms with Crippen LogP contribution in [0.25, 0.3) is 22.4 Å². The SMILES string of the molecule is CCCCCn1c(-c2ccc(O)cc2)nc2ccccc21. The van der Waals surface area contributed by atoms with Crippen molar-refractivity contribution in [3.05, 3.63) is 48.5 Å². The minimum Gasteiger partial charge on any atom is -0.508 e. The smallest absolute Gasteiger partial charge is 0.141 e. The number of fused-ring (bicyclic) bond motifs is 1. The van der Waals surface area contributed by atoms with Gasteiger partial charge in [-0.25, -0.2) is 4.98 Å². The molecule has 3 aromatic rings. The van der Waals surface area contributed by atoms with Crippen molar-refractivity contribution in [2.24, 2.45) is 0 Å². The first kappa shape index (κ1) is 13.7. The first-order valence-electron chi connectivity index (χ1n) is 7.54. The van der Waals surface area contributed by atoms with Gasteiger partial charge in [0.2, 0.25) is 0 Å². The quantitative estimate of drug-likeness (QED) is 0.694. The van der Waals surface area contributed by atoms with Gasteiger partial charge in [0.15, 0.2) is 0 Å². The Morgan fingerprint density at radius 3 is 2.52 bits per heavy atom. The molecule has 0 amide bonds. The fraction of sp³-hybridized carbons (Fsp3) is 0.278. The number of nitrogens with zero attached hydrogens (tertiary/aromatic N) is 2. The molecule has 1 heterocycles. The molecule has 0 unspecified atom stereocenters. The first-order chi connectivity index (χ1) is 10.3. The minimum atomic E-state index is 0.285. The van der Waals surface area contributed by atoms with Crippen LogP contribution < -0.4 is 0 Å². The molecule has 21 heavy (non-hydrogen) atoms. The van der Waals surface area contributed by atoms with E-state index in [1.54, 1.807) is 12.1 Å². The molecule has 0 fully saturated rings. The van der Waals surface area contributed by atoms with Gasteiger partial charge in [-0.1, -0.05) is 31.9 Å². The molecule has 0 saturated carbocycles. The highest BCUT2D eigenvalue weighted by Gasteiger charge is 2.11. The number of aromatic hydroxyl groups is 1. The number of aromatic nitrogens is 2. The molecule has 3 rings (SSSR count). The number of imidazole rings is 1. The lowest BCUT2D eigenvalue weighted by Crippen LogP contribution is -2.00. The van der Waals surface area contributed by atoms with Crippen molar-refractivity contribution in [3.63, 3.8) is 0 Å². The summed E-state index contributed by atoms with van der Waals surface area (Å²) in [5.41, 5.74) is 3.24. The molecule has 0 aliphatic rings. The summed E-state index contributed by atoms with van der Waals surface area (Å²) in [4.78, 5) is 4.77. The third-order valence-electron chi connectivity index (χ3n) is 3.77. The van der Waals surface area contributed by atoms with Gasteiger partial charge in [0.1, 0.15) is 11.6 Å². The van der Waals surface area contributed by atoms with E-state index in [2.05, 4.69) is 29.7 Å². The Hall–Kier alpha value is -2.29. The topological polar surface area (TPSA) is 38.0 Å². The number of phenolic OH excluding ortho intramolecular Hbond substituents is 1. The van der Waals surface area contributed by atoms with Crippen LogP contribution in [0.3, 0.4) is 0 Å². The molecule has 0 spiro atoms. The van der Waals surface area contributed by atoms with Gasteiger partial charge in [0.05, 0.1) is 11.0 Å². The maximum atomic E-state index is 9.46. The Morgan fingerprint density at radius 2 is 1.76 bits per heavy atom. The van der Waals surface area contributed by atoms with Gasteiger partial charge in [-0.15, -0.1) is 0 Å². The molecule has 3 nitrogen and oxygen atoms in total. The molecule has 0 aliphatic carbocycles. The molecule has 0 aliphatic heterocycles. The van der Waals surface area contributed by atoms with Crippen LogP contribution in [-0.4, -0.2) is 14.7 Å². The van der Waals surface area contributed by atoms with E-state index < -0.39 is 0 Å². The van der Waals surface area contributed by atoms with Gasteiger partial charge in [-0.2, -0.15) is 0 Å². The van der Waals surface area contributed by atoms with Crippen molar-refractivity contribution in [2.45, 2.75) is 32.7 Å². The third-order valence-corrected chi connectivity index (χ3v) is 3.77. The lowest BCUT2D eigenvalue weighted by molar-refractivity contribution is 0.475. The highest BCUT2D eigenvalue weighted by atomic mass is 16.3. The molecular weight excluding hydrogens is 260 g/mol. The molecule has 1 N–H and O–H groups in total. The fourth-order valence-corrected chi connectivity index (χ4v) is 2.65. The van der Waals surface area contributed by atoms with Gasteiger partial charge in [0, 0.05) is 12.1 Å². The van der Waals surface area contributed by atoms with Crippen molar-refractivity contribution in [1.29, 1.82) is 0 Å². The number of hydrogen-bond donors (Lipinski definition) is 1. The molecule has 0 radical (unpaired) electrons. The van der Waals surface area contributed by atoms with E-state index in [9.17, 15) is 5.11 Å². The summed E-state index contributed by atoms with van der Waals surface area (Å²) in [5.74, 6) is 1.26. The van der Waals surface area contributed by atoms with Crippen LogP contribution in [0.5, 0.6) is 5.75 Å². The Morgan fingerprint density at radius 1 is 1.00 bits per heavy atom. The van der Waals surface area contributed by atoms with E-state index in [0.717, 1.165) is 29.9 Å². The summed E-state index contributed by atoms with van der Waals surface area (Å²) < 4.78 is 2.29. The van der Waals surface area contributed by atoms with E-state index >= 15 is 0 Å². The summed E-state index contributed by atoms with van der Waals surface area (Å²) >= 11 is 0. The fourth-order valence-electron chi connectivity index (χ4n) is 2.65. The molecular formula is C18H20N2O. The van der Waals surface area contributed by atoms with Crippen LogP contribution in [-0.2, 0) is 6.54 Å². The number of phenols is 1. The molecule has 108 valence electrons. The zero-order valence-electron chi connectivity index (χ0n) is 12.3. The van der Waals surface area contributed by atoms with E-state index in [4.69, 9.17) is 4.98 Å². The minimum absolute atomic E-state index is 0.285. The van der Waals surface area contributed by atoms with Crippen molar-refractivity contribution in [1.82, 2.24) is 9.55 Å². The van der Waals surface area contributed by atoms with Crippen molar-refractivity contribution >= 4 is 11.0 Å². The summed E-state index contributed by atoms with van der Waals surface area (Å²) in [5, 5.41) is 9.46. The van der Waals surface area contributed by atoms with E-state index in [1.807, 2.05) is 18.2 Å². The van der Waals surface area contributed by atoms with E-state index in [-0.39, 0.29) is 5.75 Å². The molecule has 3 heteroatoms. The van der Waals surface area contributed by atoms with Gasteiger partial charge >= 0.3 is 0 Å². The number of aryl methyl sites for hydroxylation is 1. The summed E-state index contributed by atoms with van der Waals surface area (Å²) in [6, 6.07) is 15.5. The average Bonchev–Trinajstić information content (AvgIpc) is 2.87. The first-order valence-corrected chi connectivity index (χ1v) is 7.54. The van der Waals surface area contributed by atoms with E-state index in [0.29, 0.717) is 0 Å². The molecule has 0 saturated heterocycles. The maximum Gasteiger partial charge on any atom is 0.141 e. The van der Waals surface area contributed by atoms with Crippen LogP contribution in [0.2, 0.25) is 0 Å². The predicted octanol–water partition coefficient (Wildman–Crippen LogP) is 4.60. The monoisotopic (exact) mass is 280 g/mol. The highest BCUT2D eigenvalue weighted by molar-refractivity contribution is 5.80. The molecule has 0 atom stereocenters. The van der Waals surface area contributed by atoms with Crippen molar-refractivity contribution in [2.75, 3.05) is 0 Å².